The Labute approximate surface area is 108 Å². The number of hydrogen-bond acceptors (Lipinski definition) is 4. The van der Waals surface area contributed by atoms with Crippen molar-refractivity contribution < 1.29 is 18.7 Å². The van der Waals surface area contributed by atoms with Crippen LogP contribution in [0, 0.1) is 0 Å². The molecule has 0 fully saturated rings. The Morgan fingerprint density at radius 2 is 2.06 bits per heavy atom. The summed E-state index contributed by atoms with van der Waals surface area (Å²) in [7, 11) is 0. The molecule has 0 saturated heterocycles. The van der Waals surface area contributed by atoms with Crippen LogP contribution in [0.15, 0.2) is 21.2 Å². The summed E-state index contributed by atoms with van der Waals surface area (Å²) in [6.45, 7) is 5.09. The number of rotatable bonds is 3. The molecule has 1 N–H and O–H groups in total. The minimum Gasteiger partial charge on any atom is -0.459 e. The number of halogens is 1. The average Bonchev–Trinajstić information content (AvgIpc) is 2.58. The number of carbonyl (C=O) groups excluding carboxylic acids is 2. The summed E-state index contributed by atoms with van der Waals surface area (Å²) < 4.78 is 10.5. The van der Waals surface area contributed by atoms with Gasteiger partial charge in [-0.2, -0.15) is 0 Å². The molecule has 1 rings (SSSR count). The van der Waals surface area contributed by atoms with E-state index in [-0.39, 0.29) is 12.3 Å². The lowest BCUT2D eigenvalue weighted by atomic mass is 10.2. The molecule has 0 spiro atoms. The number of amides is 1. The normalized spacial score (nSPS) is 11.1. The second-order valence-corrected chi connectivity index (χ2v) is 5.15. The first-order valence-corrected chi connectivity index (χ1v) is 5.82. The van der Waals surface area contributed by atoms with Gasteiger partial charge in [-0.25, -0.2) is 0 Å². The van der Waals surface area contributed by atoms with E-state index in [9.17, 15) is 9.59 Å². The van der Waals surface area contributed by atoms with Gasteiger partial charge in [0, 0.05) is 0 Å². The maximum absolute atomic E-state index is 11.5. The summed E-state index contributed by atoms with van der Waals surface area (Å²) in [6.07, 6.45) is 0. The summed E-state index contributed by atoms with van der Waals surface area (Å²) in [6, 6.07) is 3.11. The third-order valence-corrected chi connectivity index (χ3v) is 2.04. The maximum atomic E-state index is 11.5. The van der Waals surface area contributed by atoms with E-state index < -0.39 is 17.5 Å². The van der Waals surface area contributed by atoms with Crippen molar-refractivity contribution in [3.05, 3.63) is 22.6 Å². The van der Waals surface area contributed by atoms with Gasteiger partial charge in [0.15, 0.2) is 10.4 Å². The second kappa shape index (κ2) is 5.35. The van der Waals surface area contributed by atoms with Gasteiger partial charge in [0.05, 0.1) is 0 Å². The Bertz CT molecular complexity index is 419. The van der Waals surface area contributed by atoms with Crippen LogP contribution in [0.3, 0.4) is 0 Å². The maximum Gasteiger partial charge on any atom is 0.325 e. The van der Waals surface area contributed by atoms with Crippen molar-refractivity contribution in [3.8, 4) is 0 Å². The molecule has 94 valence electrons. The van der Waals surface area contributed by atoms with Crippen LogP contribution in [-0.2, 0) is 9.53 Å². The summed E-state index contributed by atoms with van der Waals surface area (Å²) in [4.78, 5) is 22.8. The van der Waals surface area contributed by atoms with Crippen molar-refractivity contribution >= 4 is 27.8 Å². The molecular weight excluding hydrogens is 290 g/mol. The van der Waals surface area contributed by atoms with E-state index in [1.54, 1.807) is 26.8 Å². The number of nitrogens with one attached hydrogen (secondary N) is 1. The van der Waals surface area contributed by atoms with Crippen LogP contribution in [0.4, 0.5) is 0 Å². The third-order valence-electron chi connectivity index (χ3n) is 1.61. The van der Waals surface area contributed by atoms with Gasteiger partial charge in [-0.05, 0) is 48.8 Å². The molecule has 0 saturated carbocycles. The lowest BCUT2D eigenvalue weighted by molar-refractivity contribution is -0.153. The van der Waals surface area contributed by atoms with E-state index >= 15 is 0 Å². The van der Waals surface area contributed by atoms with Crippen molar-refractivity contribution in [2.45, 2.75) is 26.4 Å². The third kappa shape index (κ3) is 5.04. The Morgan fingerprint density at radius 1 is 1.41 bits per heavy atom. The topological polar surface area (TPSA) is 68.5 Å². The van der Waals surface area contributed by atoms with Gasteiger partial charge < -0.3 is 14.5 Å². The SMILES string of the molecule is CC(C)(C)OC(=O)CNC(=O)c1ccc(Br)o1. The van der Waals surface area contributed by atoms with E-state index in [1.807, 2.05) is 0 Å². The molecule has 0 bridgehead atoms. The fourth-order valence-electron chi connectivity index (χ4n) is 1.05. The lowest BCUT2D eigenvalue weighted by Crippen LogP contribution is -2.34. The molecule has 1 amide bonds. The van der Waals surface area contributed by atoms with Crippen LogP contribution >= 0.6 is 15.9 Å². The van der Waals surface area contributed by atoms with Crippen molar-refractivity contribution in [1.29, 1.82) is 0 Å². The van der Waals surface area contributed by atoms with E-state index in [1.165, 1.54) is 6.07 Å². The van der Waals surface area contributed by atoms with E-state index in [0.717, 1.165) is 0 Å². The Kier molecular flexibility index (Phi) is 4.34. The molecule has 0 unspecified atom stereocenters. The fourth-order valence-corrected chi connectivity index (χ4v) is 1.36. The first kappa shape index (κ1) is 13.8. The predicted molar refractivity (Wildman–Crippen MR) is 64.6 cm³/mol. The Morgan fingerprint density at radius 3 is 2.53 bits per heavy atom. The highest BCUT2D eigenvalue weighted by Gasteiger charge is 2.17. The smallest absolute Gasteiger partial charge is 0.325 e. The van der Waals surface area contributed by atoms with Gasteiger partial charge in [0.1, 0.15) is 12.1 Å². The van der Waals surface area contributed by atoms with Gasteiger partial charge >= 0.3 is 5.97 Å². The number of esters is 1. The summed E-state index contributed by atoms with van der Waals surface area (Å²) in [5.41, 5.74) is -0.560. The minimum absolute atomic E-state index is 0.139. The lowest BCUT2D eigenvalue weighted by Gasteiger charge is -2.19. The molecule has 0 aromatic carbocycles. The van der Waals surface area contributed by atoms with E-state index in [0.29, 0.717) is 4.67 Å². The highest BCUT2D eigenvalue weighted by Crippen LogP contribution is 2.13. The largest absolute Gasteiger partial charge is 0.459 e. The summed E-state index contributed by atoms with van der Waals surface area (Å²) in [5, 5.41) is 2.41. The predicted octanol–water partition coefficient (Wildman–Crippen LogP) is 2.11. The fraction of sp³-hybridized carbons (Fsp3) is 0.455. The zero-order valence-electron chi connectivity index (χ0n) is 9.87. The first-order valence-electron chi connectivity index (χ1n) is 5.03. The highest BCUT2D eigenvalue weighted by molar-refractivity contribution is 9.10. The Balaban J connectivity index is 2.41. The number of hydrogen-bond donors (Lipinski definition) is 1. The second-order valence-electron chi connectivity index (χ2n) is 4.37. The molecule has 0 aliphatic rings. The van der Waals surface area contributed by atoms with Crippen LogP contribution in [0.2, 0.25) is 0 Å². The molecule has 0 radical (unpaired) electrons. The zero-order valence-corrected chi connectivity index (χ0v) is 11.5. The van der Waals surface area contributed by atoms with Crippen molar-refractivity contribution in [3.63, 3.8) is 0 Å². The van der Waals surface area contributed by atoms with Crippen LogP contribution in [0.25, 0.3) is 0 Å². The molecule has 5 nitrogen and oxygen atoms in total. The molecule has 17 heavy (non-hydrogen) atoms. The highest BCUT2D eigenvalue weighted by atomic mass is 79.9. The number of furan rings is 1. The first-order chi connectivity index (χ1) is 7.78. The number of ether oxygens (including phenoxy) is 1. The molecule has 1 aromatic heterocycles. The molecular formula is C11H14BrNO4. The zero-order chi connectivity index (χ0) is 13.1. The molecule has 0 aliphatic carbocycles. The van der Waals surface area contributed by atoms with Crippen LogP contribution in [0.5, 0.6) is 0 Å². The van der Waals surface area contributed by atoms with Gasteiger partial charge in [-0.3, -0.25) is 9.59 Å². The van der Waals surface area contributed by atoms with E-state index in [4.69, 9.17) is 9.15 Å². The molecule has 1 aromatic rings. The Hall–Kier alpha value is -1.30. The standard InChI is InChI=1S/C11H14BrNO4/c1-11(2,3)17-9(14)6-13-10(15)7-4-5-8(12)16-7/h4-5H,6H2,1-3H3,(H,13,15). The minimum atomic E-state index is -0.560. The van der Waals surface area contributed by atoms with E-state index in [2.05, 4.69) is 21.2 Å². The molecule has 1 heterocycles. The quantitative estimate of drug-likeness (QED) is 0.868. The van der Waals surface area contributed by atoms with Crippen LogP contribution < -0.4 is 5.32 Å². The molecule has 0 atom stereocenters. The van der Waals surface area contributed by atoms with Gasteiger partial charge in [0.25, 0.3) is 5.91 Å². The van der Waals surface area contributed by atoms with Gasteiger partial charge in [-0.15, -0.1) is 0 Å². The van der Waals surface area contributed by atoms with Crippen LogP contribution in [0.1, 0.15) is 31.3 Å². The van der Waals surface area contributed by atoms with Crippen LogP contribution in [-0.4, -0.2) is 24.0 Å². The van der Waals surface area contributed by atoms with Gasteiger partial charge in [-0.1, -0.05) is 0 Å². The van der Waals surface area contributed by atoms with Crippen molar-refractivity contribution in [2.75, 3.05) is 6.54 Å². The number of carbonyl (C=O) groups is 2. The van der Waals surface area contributed by atoms with Crippen molar-refractivity contribution in [1.82, 2.24) is 5.32 Å². The van der Waals surface area contributed by atoms with Gasteiger partial charge in [0.2, 0.25) is 0 Å². The molecule has 0 aliphatic heterocycles. The summed E-state index contributed by atoms with van der Waals surface area (Å²) >= 11 is 3.08. The summed E-state index contributed by atoms with van der Waals surface area (Å²) in [5.74, 6) is -0.807. The average molecular weight is 304 g/mol. The monoisotopic (exact) mass is 303 g/mol. The molecule has 6 heteroatoms. The van der Waals surface area contributed by atoms with Crippen molar-refractivity contribution in [2.24, 2.45) is 0 Å².